The number of rotatable bonds is 1. The van der Waals surface area contributed by atoms with Crippen LogP contribution >= 0.6 is 0 Å². The zero-order chi connectivity index (χ0) is 9.10. The standard InChI is InChI=1S/C10H11N3/c11-6-9-4-3-8(7-13-9)10-2-1-5-12-10/h3-4,7,10,12H,1-2,5H2. The van der Waals surface area contributed by atoms with E-state index in [1.807, 2.05) is 12.1 Å². The Morgan fingerprint density at radius 3 is 3.00 bits per heavy atom. The number of pyridine rings is 1. The summed E-state index contributed by atoms with van der Waals surface area (Å²) >= 11 is 0. The lowest BCUT2D eigenvalue weighted by Gasteiger charge is -2.08. The molecule has 0 saturated carbocycles. The molecule has 13 heavy (non-hydrogen) atoms. The smallest absolute Gasteiger partial charge is 0.140 e. The minimum Gasteiger partial charge on any atom is -0.310 e. The Balaban J connectivity index is 2.18. The summed E-state index contributed by atoms with van der Waals surface area (Å²) in [6.07, 6.45) is 4.19. The number of nitrogens with one attached hydrogen (secondary N) is 1. The first-order chi connectivity index (χ1) is 6.40. The van der Waals surface area contributed by atoms with E-state index in [0.717, 1.165) is 6.54 Å². The van der Waals surface area contributed by atoms with Crippen LogP contribution in [0, 0.1) is 11.3 Å². The van der Waals surface area contributed by atoms with Crippen molar-refractivity contribution >= 4 is 0 Å². The van der Waals surface area contributed by atoms with Gasteiger partial charge < -0.3 is 5.32 Å². The first kappa shape index (κ1) is 8.21. The second kappa shape index (κ2) is 3.55. The summed E-state index contributed by atoms with van der Waals surface area (Å²) in [4.78, 5) is 4.04. The maximum Gasteiger partial charge on any atom is 0.140 e. The SMILES string of the molecule is N#Cc1ccc(C2CCCN2)cn1. The number of hydrogen-bond donors (Lipinski definition) is 1. The lowest BCUT2D eigenvalue weighted by atomic mass is 10.1. The van der Waals surface area contributed by atoms with Gasteiger partial charge in [0, 0.05) is 12.2 Å². The molecule has 3 nitrogen and oxygen atoms in total. The molecular weight excluding hydrogens is 162 g/mol. The topological polar surface area (TPSA) is 48.7 Å². The van der Waals surface area contributed by atoms with Crippen LogP contribution in [0.5, 0.6) is 0 Å². The molecule has 1 aromatic rings. The molecule has 0 aromatic carbocycles. The van der Waals surface area contributed by atoms with Gasteiger partial charge in [-0.25, -0.2) is 4.98 Å². The molecule has 3 heteroatoms. The van der Waals surface area contributed by atoms with Crippen molar-refractivity contribution in [2.24, 2.45) is 0 Å². The number of nitrogens with zero attached hydrogens (tertiary/aromatic N) is 2. The maximum absolute atomic E-state index is 8.57. The first-order valence-electron chi connectivity index (χ1n) is 4.49. The Bertz CT molecular complexity index is 317. The van der Waals surface area contributed by atoms with E-state index in [-0.39, 0.29) is 0 Å². The van der Waals surface area contributed by atoms with Crippen LogP contribution in [0.15, 0.2) is 18.3 Å². The number of hydrogen-bond acceptors (Lipinski definition) is 3. The fourth-order valence-corrected chi connectivity index (χ4v) is 1.65. The molecule has 2 rings (SSSR count). The highest BCUT2D eigenvalue weighted by Crippen LogP contribution is 2.21. The quantitative estimate of drug-likeness (QED) is 0.698. The van der Waals surface area contributed by atoms with Crippen LogP contribution < -0.4 is 5.32 Å². The molecule has 0 bridgehead atoms. The summed E-state index contributed by atoms with van der Waals surface area (Å²) in [6.45, 7) is 1.09. The van der Waals surface area contributed by atoms with Gasteiger partial charge in [0.2, 0.25) is 0 Å². The van der Waals surface area contributed by atoms with Crippen molar-refractivity contribution in [1.29, 1.82) is 5.26 Å². The molecule has 1 atom stereocenters. The summed E-state index contributed by atoms with van der Waals surface area (Å²) in [6, 6.07) is 6.21. The first-order valence-corrected chi connectivity index (χ1v) is 4.49. The van der Waals surface area contributed by atoms with E-state index in [2.05, 4.69) is 10.3 Å². The lowest BCUT2D eigenvalue weighted by molar-refractivity contribution is 0.645. The van der Waals surface area contributed by atoms with E-state index in [1.165, 1.54) is 18.4 Å². The molecular formula is C10H11N3. The van der Waals surface area contributed by atoms with Crippen molar-refractivity contribution in [2.45, 2.75) is 18.9 Å². The van der Waals surface area contributed by atoms with Gasteiger partial charge in [-0.15, -0.1) is 0 Å². The summed E-state index contributed by atoms with van der Waals surface area (Å²) in [5.74, 6) is 0. The molecule has 0 radical (unpaired) electrons. The van der Waals surface area contributed by atoms with Gasteiger partial charge in [-0.1, -0.05) is 6.07 Å². The zero-order valence-electron chi connectivity index (χ0n) is 7.33. The molecule has 1 saturated heterocycles. The average Bonchev–Trinajstić information content (AvgIpc) is 2.71. The molecule has 1 N–H and O–H groups in total. The monoisotopic (exact) mass is 173 g/mol. The summed E-state index contributed by atoms with van der Waals surface area (Å²) < 4.78 is 0. The van der Waals surface area contributed by atoms with Crippen LogP contribution in [0.1, 0.15) is 30.1 Å². The molecule has 1 aliphatic rings. The molecule has 1 aromatic heterocycles. The van der Waals surface area contributed by atoms with Crippen molar-refractivity contribution in [2.75, 3.05) is 6.54 Å². The molecule has 2 heterocycles. The summed E-state index contributed by atoms with van der Waals surface area (Å²) in [5.41, 5.74) is 1.68. The maximum atomic E-state index is 8.57. The van der Waals surface area contributed by atoms with Crippen molar-refractivity contribution < 1.29 is 0 Å². The fraction of sp³-hybridized carbons (Fsp3) is 0.400. The molecule has 0 aliphatic carbocycles. The second-order valence-corrected chi connectivity index (χ2v) is 3.24. The van der Waals surface area contributed by atoms with E-state index in [0.29, 0.717) is 11.7 Å². The number of nitriles is 1. The third-order valence-corrected chi connectivity index (χ3v) is 2.36. The molecule has 66 valence electrons. The van der Waals surface area contributed by atoms with Crippen LogP contribution in [-0.2, 0) is 0 Å². The van der Waals surface area contributed by atoms with Gasteiger partial charge in [-0.3, -0.25) is 0 Å². The Morgan fingerprint density at radius 1 is 1.54 bits per heavy atom. The predicted octanol–water partition coefficient (Wildman–Crippen LogP) is 1.38. The molecule has 0 spiro atoms. The van der Waals surface area contributed by atoms with Gasteiger partial charge in [0.05, 0.1) is 0 Å². The van der Waals surface area contributed by atoms with Crippen LogP contribution in [0.4, 0.5) is 0 Å². The van der Waals surface area contributed by atoms with Gasteiger partial charge in [0.15, 0.2) is 0 Å². The second-order valence-electron chi connectivity index (χ2n) is 3.24. The minimum absolute atomic E-state index is 0.445. The normalized spacial score (nSPS) is 21.3. The van der Waals surface area contributed by atoms with E-state index < -0.39 is 0 Å². The number of aromatic nitrogens is 1. The zero-order valence-corrected chi connectivity index (χ0v) is 7.33. The highest BCUT2D eigenvalue weighted by molar-refractivity contribution is 5.25. The fourth-order valence-electron chi connectivity index (χ4n) is 1.65. The highest BCUT2D eigenvalue weighted by Gasteiger charge is 2.15. The summed E-state index contributed by atoms with van der Waals surface area (Å²) in [7, 11) is 0. The Hall–Kier alpha value is -1.40. The van der Waals surface area contributed by atoms with Crippen molar-refractivity contribution in [3.63, 3.8) is 0 Å². The van der Waals surface area contributed by atoms with Crippen molar-refractivity contribution in [1.82, 2.24) is 10.3 Å². The van der Waals surface area contributed by atoms with E-state index >= 15 is 0 Å². The van der Waals surface area contributed by atoms with E-state index in [1.54, 1.807) is 12.3 Å². The minimum atomic E-state index is 0.445. The molecule has 1 fully saturated rings. The van der Waals surface area contributed by atoms with Gasteiger partial charge in [0.1, 0.15) is 11.8 Å². The third kappa shape index (κ3) is 1.68. The van der Waals surface area contributed by atoms with Crippen LogP contribution in [0.3, 0.4) is 0 Å². The summed E-state index contributed by atoms with van der Waals surface area (Å²) in [5, 5.41) is 12.0. The molecule has 1 aliphatic heterocycles. The van der Waals surface area contributed by atoms with Gasteiger partial charge in [0.25, 0.3) is 0 Å². The van der Waals surface area contributed by atoms with E-state index in [4.69, 9.17) is 5.26 Å². The lowest BCUT2D eigenvalue weighted by Crippen LogP contribution is -2.12. The Morgan fingerprint density at radius 2 is 2.46 bits per heavy atom. The van der Waals surface area contributed by atoms with Crippen LogP contribution in [0.2, 0.25) is 0 Å². The Labute approximate surface area is 77.4 Å². The van der Waals surface area contributed by atoms with Crippen LogP contribution in [0.25, 0.3) is 0 Å². The van der Waals surface area contributed by atoms with Crippen molar-refractivity contribution in [3.05, 3.63) is 29.6 Å². The van der Waals surface area contributed by atoms with Crippen LogP contribution in [-0.4, -0.2) is 11.5 Å². The van der Waals surface area contributed by atoms with Gasteiger partial charge >= 0.3 is 0 Å². The average molecular weight is 173 g/mol. The third-order valence-electron chi connectivity index (χ3n) is 2.36. The predicted molar refractivity (Wildman–Crippen MR) is 48.9 cm³/mol. The van der Waals surface area contributed by atoms with Crippen molar-refractivity contribution in [3.8, 4) is 6.07 Å². The van der Waals surface area contributed by atoms with Gasteiger partial charge in [-0.05, 0) is 31.0 Å². The Kier molecular flexibility index (Phi) is 2.24. The molecule has 0 amide bonds. The van der Waals surface area contributed by atoms with Gasteiger partial charge in [-0.2, -0.15) is 5.26 Å². The van der Waals surface area contributed by atoms with E-state index in [9.17, 15) is 0 Å². The largest absolute Gasteiger partial charge is 0.310 e. The highest BCUT2D eigenvalue weighted by atomic mass is 14.9. The molecule has 1 unspecified atom stereocenters.